The quantitative estimate of drug-likeness (QED) is 0.688. The smallest absolute Gasteiger partial charge is 0.184 e. The summed E-state index contributed by atoms with van der Waals surface area (Å²) in [6, 6.07) is 14.5. The van der Waals surface area contributed by atoms with Crippen LogP contribution in [0.5, 0.6) is 5.75 Å². The lowest BCUT2D eigenvalue weighted by Crippen LogP contribution is -2.13. The topological polar surface area (TPSA) is 87.8 Å². The second kappa shape index (κ2) is 5.38. The molecule has 5 nitrogen and oxygen atoms in total. The van der Waals surface area contributed by atoms with Crippen LogP contribution in [0, 0.1) is 6.92 Å². The molecule has 5 heteroatoms. The van der Waals surface area contributed by atoms with Gasteiger partial charge in [0.05, 0.1) is 11.6 Å². The van der Waals surface area contributed by atoms with Crippen LogP contribution in [0.3, 0.4) is 0 Å². The minimum Gasteiger partial charge on any atom is -0.507 e. The van der Waals surface area contributed by atoms with E-state index < -0.39 is 0 Å². The highest BCUT2D eigenvalue weighted by Gasteiger charge is 2.16. The minimum absolute atomic E-state index is 0.145. The van der Waals surface area contributed by atoms with Crippen molar-refractivity contribution >= 4 is 0 Å². The minimum atomic E-state index is -0.377. The molecule has 106 valence electrons. The predicted octanol–water partition coefficient (Wildman–Crippen LogP) is 2.53. The van der Waals surface area contributed by atoms with Gasteiger partial charge in [0.25, 0.3) is 0 Å². The molecule has 0 unspecified atom stereocenters. The van der Waals surface area contributed by atoms with Crippen molar-refractivity contribution in [3.8, 4) is 17.1 Å². The molecule has 4 N–H and O–H groups in total. The van der Waals surface area contributed by atoms with Crippen molar-refractivity contribution in [2.45, 2.75) is 13.0 Å². The summed E-state index contributed by atoms with van der Waals surface area (Å²) in [5.74, 6) is 1.15. The van der Waals surface area contributed by atoms with E-state index in [0.717, 1.165) is 5.56 Å². The van der Waals surface area contributed by atoms with Gasteiger partial charge in [-0.3, -0.25) is 5.10 Å². The van der Waals surface area contributed by atoms with Gasteiger partial charge in [-0.25, -0.2) is 4.98 Å². The zero-order valence-electron chi connectivity index (χ0n) is 11.6. The summed E-state index contributed by atoms with van der Waals surface area (Å²) in [5, 5.41) is 16.8. The monoisotopic (exact) mass is 280 g/mol. The van der Waals surface area contributed by atoms with E-state index in [0.29, 0.717) is 17.2 Å². The number of hydrogen-bond donors (Lipinski definition) is 3. The number of para-hydroxylation sites is 1. The van der Waals surface area contributed by atoms with E-state index in [4.69, 9.17) is 5.73 Å². The molecule has 1 aromatic heterocycles. The van der Waals surface area contributed by atoms with Crippen LogP contribution in [0.25, 0.3) is 11.4 Å². The van der Waals surface area contributed by atoms with Crippen LogP contribution < -0.4 is 5.73 Å². The summed E-state index contributed by atoms with van der Waals surface area (Å²) in [5.41, 5.74) is 8.92. The molecule has 3 rings (SSSR count). The lowest BCUT2D eigenvalue weighted by molar-refractivity contribution is 0.477. The first-order valence-corrected chi connectivity index (χ1v) is 6.68. The maximum Gasteiger partial charge on any atom is 0.184 e. The van der Waals surface area contributed by atoms with E-state index in [1.807, 2.05) is 37.3 Å². The number of aromatic hydroxyl groups is 1. The summed E-state index contributed by atoms with van der Waals surface area (Å²) in [4.78, 5) is 4.39. The Morgan fingerprint density at radius 2 is 1.81 bits per heavy atom. The molecule has 21 heavy (non-hydrogen) atoms. The van der Waals surface area contributed by atoms with Crippen LogP contribution in [0.15, 0.2) is 48.5 Å². The number of aryl methyl sites for hydroxylation is 1. The third-order valence-electron chi connectivity index (χ3n) is 3.38. The molecule has 1 atom stereocenters. The molecule has 2 aromatic carbocycles. The summed E-state index contributed by atoms with van der Waals surface area (Å²) in [6.07, 6.45) is 0. The number of phenols is 1. The van der Waals surface area contributed by atoms with E-state index in [-0.39, 0.29) is 11.8 Å². The number of aromatic amines is 1. The predicted molar refractivity (Wildman–Crippen MR) is 80.7 cm³/mol. The average molecular weight is 280 g/mol. The molecular formula is C16H16N4O. The van der Waals surface area contributed by atoms with Crippen LogP contribution in [-0.4, -0.2) is 20.3 Å². The van der Waals surface area contributed by atoms with Gasteiger partial charge in [-0.05, 0) is 24.6 Å². The van der Waals surface area contributed by atoms with Crippen molar-refractivity contribution in [1.82, 2.24) is 15.2 Å². The van der Waals surface area contributed by atoms with Gasteiger partial charge in [0, 0.05) is 0 Å². The standard InChI is InChI=1S/C16H16N4O/c1-10-6-8-11(9-7-10)14(17)16-18-15(19-20-16)12-4-2-3-5-13(12)21/h2-9,14,21H,17H2,1H3,(H,18,19,20)/t14-/m1/s1. The normalized spacial score (nSPS) is 12.3. The largest absolute Gasteiger partial charge is 0.507 e. The van der Waals surface area contributed by atoms with Crippen LogP contribution in [0.4, 0.5) is 0 Å². The van der Waals surface area contributed by atoms with Crippen LogP contribution in [0.2, 0.25) is 0 Å². The van der Waals surface area contributed by atoms with Gasteiger partial charge in [-0.1, -0.05) is 42.0 Å². The average Bonchev–Trinajstić information content (AvgIpc) is 2.97. The first-order valence-electron chi connectivity index (χ1n) is 6.68. The number of aromatic nitrogens is 3. The molecule has 3 aromatic rings. The molecule has 0 amide bonds. The Bertz CT molecular complexity index is 749. The van der Waals surface area contributed by atoms with Crippen molar-refractivity contribution in [3.63, 3.8) is 0 Å². The Morgan fingerprint density at radius 3 is 2.52 bits per heavy atom. The number of phenolic OH excluding ortho intramolecular Hbond substituents is 1. The number of rotatable bonds is 3. The summed E-state index contributed by atoms with van der Waals surface area (Å²) < 4.78 is 0. The third-order valence-corrected chi connectivity index (χ3v) is 3.38. The number of hydrogen-bond acceptors (Lipinski definition) is 4. The zero-order chi connectivity index (χ0) is 14.8. The first kappa shape index (κ1) is 13.3. The highest BCUT2D eigenvalue weighted by molar-refractivity contribution is 5.63. The molecule has 0 fully saturated rings. The molecule has 0 saturated carbocycles. The number of nitrogens with zero attached hydrogens (tertiary/aromatic N) is 2. The number of H-pyrrole nitrogens is 1. The number of nitrogens with two attached hydrogens (primary N) is 1. The Balaban J connectivity index is 1.91. The van der Waals surface area contributed by atoms with Crippen LogP contribution >= 0.6 is 0 Å². The molecule has 0 aliphatic rings. The van der Waals surface area contributed by atoms with Crippen LogP contribution in [-0.2, 0) is 0 Å². The maximum atomic E-state index is 9.83. The molecule has 0 spiro atoms. The fourth-order valence-electron chi connectivity index (χ4n) is 2.13. The highest BCUT2D eigenvalue weighted by atomic mass is 16.3. The van der Waals surface area contributed by atoms with E-state index in [1.54, 1.807) is 18.2 Å². The summed E-state index contributed by atoms with van der Waals surface area (Å²) in [6.45, 7) is 2.03. The molecular weight excluding hydrogens is 264 g/mol. The van der Waals surface area contributed by atoms with E-state index in [2.05, 4.69) is 15.2 Å². The van der Waals surface area contributed by atoms with E-state index in [9.17, 15) is 5.11 Å². The Morgan fingerprint density at radius 1 is 1.10 bits per heavy atom. The molecule has 0 saturated heterocycles. The van der Waals surface area contributed by atoms with Gasteiger partial charge in [-0.2, -0.15) is 5.10 Å². The lowest BCUT2D eigenvalue weighted by atomic mass is 10.1. The second-order valence-corrected chi connectivity index (χ2v) is 4.95. The maximum absolute atomic E-state index is 9.83. The molecule has 0 aliphatic heterocycles. The fourth-order valence-corrected chi connectivity index (χ4v) is 2.13. The van der Waals surface area contributed by atoms with E-state index in [1.165, 1.54) is 5.56 Å². The Labute approximate surface area is 122 Å². The van der Waals surface area contributed by atoms with Crippen molar-refractivity contribution in [2.24, 2.45) is 5.73 Å². The van der Waals surface area contributed by atoms with Crippen molar-refractivity contribution in [3.05, 3.63) is 65.5 Å². The van der Waals surface area contributed by atoms with Crippen molar-refractivity contribution < 1.29 is 5.11 Å². The summed E-state index contributed by atoms with van der Waals surface area (Å²) in [7, 11) is 0. The zero-order valence-corrected chi connectivity index (χ0v) is 11.6. The molecule has 1 heterocycles. The van der Waals surface area contributed by atoms with Gasteiger partial charge < -0.3 is 10.8 Å². The Kier molecular flexibility index (Phi) is 3.41. The first-order chi connectivity index (χ1) is 10.1. The molecule has 0 radical (unpaired) electrons. The SMILES string of the molecule is Cc1ccc([C@@H](N)c2nc(-c3ccccc3O)n[nH]2)cc1. The van der Waals surface area contributed by atoms with Crippen LogP contribution in [0.1, 0.15) is 23.0 Å². The molecule has 0 bridgehead atoms. The van der Waals surface area contributed by atoms with Crippen molar-refractivity contribution in [2.75, 3.05) is 0 Å². The third kappa shape index (κ3) is 2.64. The number of benzene rings is 2. The van der Waals surface area contributed by atoms with Crippen molar-refractivity contribution in [1.29, 1.82) is 0 Å². The van der Waals surface area contributed by atoms with E-state index >= 15 is 0 Å². The second-order valence-electron chi connectivity index (χ2n) is 4.95. The van der Waals surface area contributed by atoms with Gasteiger partial charge in [0.1, 0.15) is 11.6 Å². The highest BCUT2D eigenvalue weighted by Crippen LogP contribution is 2.26. The molecule has 0 aliphatic carbocycles. The van der Waals surface area contributed by atoms with Gasteiger partial charge >= 0.3 is 0 Å². The Hall–Kier alpha value is -2.66. The lowest BCUT2D eigenvalue weighted by Gasteiger charge is -2.08. The van der Waals surface area contributed by atoms with Gasteiger partial charge in [0.2, 0.25) is 0 Å². The number of nitrogens with one attached hydrogen (secondary N) is 1. The summed E-state index contributed by atoms with van der Waals surface area (Å²) >= 11 is 0. The van der Waals surface area contributed by atoms with Gasteiger partial charge in [0.15, 0.2) is 5.82 Å². The fraction of sp³-hybridized carbons (Fsp3) is 0.125. The van der Waals surface area contributed by atoms with Gasteiger partial charge in [-0.15, -0.1) is 0 Å².